The number of para-hydroxylation sites is 1. The highest BCUT2D eigenvalue weighted by molar-refractivity contribution is 6.08. The van der Waals surface area contributed by atoms with Gasteiger partial charge in [-0.25, -0.2) is 0 Å². The molecular formula is C19H17NO3. The van der Waals surface area contributed by atoms with Crippen LogP contribution in [-0.2, 0) is 14.3 Å². The van der Waals surface area contributed by atoms with E-state index >= 15 is 0 Å². The number of hydrogen-bond donors (Lipinski definition) is 0. The van der Waals surface area contributed by atoms with Crippen molar-refractivity contribution < 1.29 is 14.3 Å². The summed E-state index contributed by atoms with van der Waals surface area (Å²) in [4.78, 5) is 25.5. The first-order chi connectivity index (χ1) is 11.2. The largest absolute Gasteiger partial charge is 0.465 e. The molecule has 0 aliphatic carbocycles. The van der Waals surface area contributed by atoms with Gasteiger partial charge in [-0.3, -0.25) is 14.5 Å². The van der Waals surface area contributed by atoms with E-state index < -0.39 is 11.9 Å². The fourth-order valence-electron chi connectivity index (χ4n) is 1.94. The molecule has 0 spiro atoms. The highest BCUT2D eigenvalue weighted by Gasteiger charge is 2.18. The van der Waals surface area contributed by atoms with E-state index in [2.05, 4.69) is 11.8 Å². The molecule has 0 atom stereocenters. The van der Waals surface area contributed by atoms with Crippen molar-refractivity contribution in [1.29, 1.82) is 0 Å². The second-order valence-electron chi connectivity index (χ2n) is 4.65. The first-order valence-corrected chi connectivity index (χ1v) is 7.30. The fraction of sp³-hybridized carbons (Fsp3) is 0.158. The molecule has 2 aromatic rings. The van der Waals surface area contributed by atoms with E-state index in [-0.39, 0.29) is 13.2 Å². The summed E-state index contributed by atoms with van der Waals surface area (Å²) in [7, 11) is 0. The molecule has 0 aliphatic heterocycles. The Labute approximate surface area is 135 Å². The predicted molar refractivity (Wildman–Crippen MR) is 88.7 cm³/mol. The Morgan fingerprint density at radius 2 is 1.61 bits per heavy atom. The Morgan fingerprint density at radius 1 is 1.00 bits per heavy atom. The molecule has 1 amide bonds. The smallest absolute Gasteiger partial charge is 0.326 e. The third-order valence-corrected chi connectivity index (χ3v) is 2.99. The maximum atomic E-state index is 12.4. The molecule has 116 valence electrons. The van der Waals surface area contributed by atoms with Crippen molar-refractivity contribution in [1.82, 2.24) is 0 Å². The quantitative estimate of drug-likeness (QED) is 0.644. The van der Waals surface area contributed by atoms with Crippen LogP contribution >= 0.6 is 0 Å². The van der Waals surface area contributed by atoms with Crippen molar-refractivity contribution in [3.8, 4) is 11.8 Å². The highest BCUT2D eigenvalue weighted by Crippen LogP contribution is 2.13. The standard InChI is InChI=1S/C19H17NO3/c1-2-23-19(22)15-20(17-11-7-4-8-12-17)18(21)14-13-16-9-5-3-6-10-16/h3-12H,2,15H2,1H3. The molecule has 0 bridgehead atoms. The average Bonchev–Trinajstić information content (AvgIpc) is 2.59. The summed E-state index contributed by atoms with van der Waals surface area (Å²) in [6, 6.07) is 18.1. The topological polar surface area (TPSA) is 46.6 Å². The number of benzene rings is 2. The second-order valence-corrected chi connectivity index (χ2v) is 4.65. The number of carbonyl (C=O) groups excluding carboxylic acids is 2. The van der Waals surface area contributed by atoms with Crippen LogP contribution < -0.4 is 4.90 Å². The lowest BCUT2D eigenvalue weighted by molar-refractivity contribution is -0.142. The van der Waals surface area contributed by atoms with E-state index in [1.165, 1.54) is 4.90 Å². The molecule has 0 aliphatic rings. The lowest BCUT2D eigenvalue weighted by Gasteiger charge is -2.19. The van der Waals surface area contributed by atoms with E-state index in [1.807, 2.05) is 36.4 Å². The van der Waals surface area contributed by atoms with Gasteiger partial charge in [-0.2, -0.15) is 0 Å². The van der Waals surface area contributed by atoms with Gasteiger partial charge in [0.1, 0.15) is 6.54 Å². The van der Waals surface area contributed by atoms with Crippen molar-refractivity contribution >= 4 is 17.6 Å². The van der Waals surface area contributed by atoms with Gasteiger partial charge >= 0.3 is 11.9 Å². The second kappa shape index (κ2) is 8.40. The molecule has 0 N–H and O–H groups in total. The maximum absolute atomic E-state index is 12.4. The molecule has 0 fully saturated rings. The molecule has 2 aromatic carbocycles. The third kappa shape index (κ3) is 5.01. The Bertz CT molecular complexity index is 715. The first kappa shape index (κ1) is 16.3. The van der Waals surface area contributed by atoms with Crippen LogP contribution in [0.3, 0.4) is 0 Å². The van der Waals surface area contributed by atoms with Crippen LogP contribution in [0.25, 0.3) is 0 Å². The molecule has 0 unspecified atom stereocenters. The van der Waals surface area contributed by atoms with Crippen LogP contribution in [0.15, 0.2) is 60.7 Å². The zero-order valence-corrected chi connectivity index (χ0v) is 12.9. The summed E-state index contributed by atoms with van der Waals surface area (Å²) in [5, 5.41) is 0. The number of esters is 1. The van der Waals surface area contributed by atoms with Gasteiger partial charge in [0.05, 0.1) is 6.61 Å². The van der Waals surface area contributed by atoms with E-state index in [9.17, 15) is 9.59 Å². The molecule has 0 heterocycles. The SMILES string of the molecule is CCOC(=O)CN(C(=O)C#Cc1ccccc1)c1ccccc1. The molecule has 0 saturated carbocycles. The number of hydrogen-bond acceptors (Lipinski definition) is 3. The first-order valence-electron chi connectivity index (χ1n) is 7.30. The van der Waals surface area contributed by atoms with Crippen LogP contribution in [0.2, 0.25) is 0 Å². The van der Waals surface area contributed by atoms with Crippen LogP contribution in [0.1, 0.15) is 12.5 Å². The van der Waals surface area contributed by atoms with Gasteiger partial charge in [0, 0.05) is 17.2 Å². The summed E-state index contributed by atoms with van der Waals surface area (Å²) in [6.45, 7) is 1.83. The lowest BCUT2D eigenvalue weighted by Crippen LogP contribution is -2.35. The number of amides is 1. The van der Waals surface area contributed by atoms with Gasteiger partial charge in [-0.1, -0.05) is 42.3 Å². The summed E-state index contributed by atoms with van der Waals surface area (Å²) in [5.74, 6) is 4.46. The average molecular weight is 307 g/mol. The highest BCUT2D eigenvalue weighted by atomic mass is 16.5. The van der Waals surface area contributed by atoms with Crippen LogP contribution in [0, 0.1) is 11.8 Å². The monoisotopic (exact) mass is 307 g/mol. The summed E-state index contributed by atoms with van der Waals surface area (Å²) in [6.07, 6.45) is 0. The Hall–Kier alpha value is -3.06. The van der Waals surface area contributed by atoms with E-state index in [4.69, 9.17) is 4.74 Å². The molecule has 23 heavy (non-hydrogen) atoms. The van der Waals surface area contributed by atoms with Crippen molar-refractivity contribution in [2.45, 2.75) is 6.92 Å². The Kier molecular flexibility index (Phi) is 5.96. The number of nitrogens with zero attached hydrogens (tertiary/aromatic N) is 1. The molecule has 4 nitrogen and oxygen atoms in total. The minimum atomic E-state index is -0.466. The van der Waals surface area contributed by atoms with Crippen LogP contribution in [0.4, 0.5) is 5.69 Å². The van der Waals surface area contributed by atoms with Gasteiger partial charge < -0.3 is 4.74 Å². The summed E-state index contributed by atoms with van der Waals surface area (Å²) < 4.78 is 4.93. The van der Waals surface area contributed by atoms with Crippen molar-refractivity contribution in [2.75, 3.05) is 18.1 Å². The lowest BCUT2D eigenvalue weighted by atomic mass is 10.2. The predicted octanol–water partition coefficient (Wildman–Crippen LogP) is 2.63. The van der Waals surface area contributed by atoms with Crippen molar-refractivity contribution in [2.24, 2.45) is 0 Å². The van der Waals surface area contributed by atoms with Gasteiger partial charge in [0.2, 0.25) is 0 Å². The van der Waals surface area contributed by atoms with E-state index in [0.717, 1.165) is 5.56 Å². The number of carbonyl (C=O) groups is 2. The van der Waals surface area contributed by atoms with Gasteiger partial charge in [0.25, 0.3) is 0 Å². The van der Waals surface area contributed by atoms with Gasteiger partial charge in [-0.05, 0) is 31.2 Å². The summed E-state index contributed by atoms with van der Waals surface area (Å²) >= 11 is 0. The summed E-state index contributed by atoms with van der Waals surface area (Å²) in [5.41, 5.74) is 1.35. The number of ether oxygens (including phenoxy) is 1. The maximum Gasteiger partial charge on any atom is 0.326 e. The molecule has 4 heteroatoms. The Morgan fingerprint density at radius 3 is 2.22 bits per heavy atom. The molecular weight excluding hydrogens is 290 g/mol. The zero-order valence-electron chi connectivity index (χ0n) is 12.9. The van der Waals surface area contributed by atoms with Gasteiger partial charge in [0.15, 0.2) is 0 Å². The third-order valence-electron chi connectivity index (χ3n) is 2.99. The van der Waals surface area contributed by atoms with E-state index in [1.54, 1.807) is 31.2 Å². The Balaban J connectivity index is 2.21. The fourth-order valence-corrected chi connectivity index (χ4v) is 1.94. The molecule has 0 saturated heterocycles. The molecule has 0 radical (unpaired) electrons. The van der Waals surface area contributed by atoms with E-state index in [0.29, 0.717) is 5.69 Å². The normalized spacial score (nSPS) is 9.43. The molecule has 0 aromatic heterocycles. The van der Waals surface area contributed by atoms with Crippen molar-refractivity contribution in [3.05, 3.63) is 66.2 Å². The van der Waals surface area contributed by atoms with Gasteiger partial charge in [-0.15, -0.1) is 0 Å². The number of rotatable bonds is 4. The molecule has 2 rings (SSSR count). The number of anilines is 1. The minimum absolute atomic E-state index is 0.167. The van der Waals surface area contributed by atoms with Crippen LogP contribution in [0.5, 0.6) is 0 Å². The minimum Gasteiger partial charge on any atom is -0.465 e. The van der Waals surface area contributed by atoms with Crippen LogP contribution in [-0.4, -0.2) is 25.0 Å². The zero-order chi connectivity index (χ0) is 16.5. The van der Waals surface area contributed by atoms with Crippen molar-refractivity contribution in [3.63, 3.8) is 0 Å².